The number of hydrogen-bond acceptors (Lipinski definition) is 5. The zero-order valence-electron chi connectivity index (χ0n) is 15.0. The van der Waals surface area contributed by atoms with Gasteiger partial charge in [0.2, 0.25) is 11.8 Å². The van der Waals surface area contributed by atoms with Crippen molar-refractivity contribution in [2.75, 3.05) is 0 Å². The topological polar surface area (TPSA) is 72.4 Å². The number of pyridine rings is 1. The standard InChI is InChI=1S/C20H18N4O2S/c1-11-5-6-16-22-14-9-21-17(25)8-13(19(14)24(16)10-11)18-12(2)26-20(23-18)15-4-3-7-27-15/h3-7,10,13H,8-9H2,1-2H3,(H,21,25)/t13-/m0/s1. The average molecular weight is 378 g/mol. The first-order chi connectivity index (χ1) is 13.1. The molecule has 136 valence electrons. The van der Waals surface area contributed by atoms with Crippen LogP contribution in [0.4, 0.5) is 0 Å². The molecule has 6 nitrogen and oxygen atoms in total. The van der Waals surface area contributed by atoms with E-state index in [1.54, 1.807) is 11.3 Å². The minimum absolute atomic E-state index is 0.000485. The van der Waals surface area contributed by atoms with Crippen LogP contribution in [0, 0.1) is 13.8 Å². The van der Waals surface area contributed by atoms with Crippen LogP contribution in [0.15, 0.2) is 40.3 Å². The predicted molar refractivity (Wildman–Crippen MR) is 103 cm³/mol. The van der Waals surface area contributed by atoms with Crippen molar-refractivity contribution in [1.29, 1.82) is 0 Å². The van der Waals surface area contributed by atoms with Gasteiger partial charge in [-0.25, -0.2) is 9.97 Å². The fraction of sp³-hybridized carbons (Fsp3) is 0.250. The maximum Gasteiger partial charge on any atom is 0.236 e. The van der Waals surface area contributed by atoms with E-state index < -0.39 is 0 Å². The molecule has 0 aromatic carbocycles. The monoisotopic (exact) mass is 378 g/mol. The summed E-state index contributed by atoms with van der Waals surface area (Å²) in [7, 11) is 0. The highest BCUT2D eigenvalue weighted by Gasteiger charge is 2.32. The number of nitrogens with one attached hydrogen (secondary N) is 1. The molecule has 0 aliphatic carbocycles. The van der Waals surface area contributed by atoms with Gasteiger partial charge in [-0.3, -0.25) is 4.79 Å². The molecule has 1 aliphatic heterocycles. The molecule has 0 saturated heterocycles. The van der Waals surface area contributed by atoms with E-state index in [-0.39, 0.29) is 11.8 Å². The van der Waals surface area contributed by atoms with Crippen LogP contribution in [0.25, 0.3) is 16.4 Å². The summed E-state index contributed by atoms with van der Waals surface area (Å²) in [5.41, 5.74) is 4.73. The Bertz CT molecular complexity index is 1160. The van der Waals surface area contributed by atoms with Gasteiger partial charge in [0.05, 0.1) is 34.4 Å². The number of carbonyl (C=O) groups is 1. The van der Waals surface area contributed by atoms with Gasteiger partial charge in [0.25, 0.3) is 0 Å². The number of imidazole rings is 1. The van der Waals surface area contributed by atoms with Gasteiger partial charge in [-0.1, -0.05) is 12.1 Å². The third-order valence-corrected chi connectivity index (χ3v) is 5.80. The molecule has 1 atom stereocenters. The number of nitrogens with zero attached hydrogens (tertiary/aromatic N) is 3. The first kappa shape index (κ1) is 16.3. The Kier molecular flexibility index (Phi) is 3.65. The van der Waals surface area contributed by atoms with Crippen molar-refractivity contribution in [3.63, 3.8) is 0 Å². The van der Waals surface area contributed by atoms with E-state index in [9.17, 15) is 4.79 Å². The molecule has 0 spiro atoms. The number of thiophene rings is 1. The SMILES string of the molecule is Cc1ccc2nc3c(n2c1)[C@H](c1nc(-c2cccs2)oc1C)CC(=O)NC3. The van der Waals surface area contributed by atoms with Crippen molar-refractivity contribution in [2.45, 2.75) is 32.7 Å². The number of fused-ring (bicyclic) bond motifs is 3. The molecule has 7 heteroatoms. The number of amides is 1. The summed E-state index contributed by atoms with van der Waals surface area (Å²) >= 11 is 1.59. The molecule has 0 saturated carbocycles. The summed E-state index contributed by atoms with van der Waals surface area (Å²) < 4.78 is 8.05. The lowest BCUT2D eigenvalue weighted by Gasteiger charge is -2.13. The summed E-state index contributed by atoms with van der Waals surface area (Å²) in [5, 5.41) is 4.96. The molecule has 1 amide bonds. The molecule has 0 bridgehead atoms. The number of aromatic nitrogens is 3. The van der Waals surface area contributed by atoms with E-state index in [2.05, 4.69) is 22.8 Å². The third kappa shape index (κ3) is 2.66. The molecule has 4 aromatic heterocycles. The summed E-state index contributed by atoms with van der Waals surface area (Å²) in [5.74, 6) is 1.15. The number of oxazole rings is 1. The van der Waals surface area contributed by atoms with Crippen LogP contribution < -0.4 is 5.32 Å². The summed E-state index contributed by atoms with van der Waals surface area (Å²) in [4.78, 5) is 22.9. The highest BCUT2D eigenvalue weighted by molar-refractivity contribution is 7.13. The Morgan fingerprint density at radius 1 is 1.26 bits per heavy atom. The van der Waals surface area contributed by atoms with Gasteiger partial charge in [-0.15, -0.1) is 11.3 Å². The van der Waals surface area contributed by atoms with Crippen LogP contribution in [-0.2, 0) is 11.3 Å². The highest BCUT2D eigenvalue weighted by Crippen LogP contribution is 2.37. The van der Waals surface area contributed by atoms with Gasteiger partial charge in [0.1, 0.15) is 11.4 Å². The average Bonchev–Trinajstić information content (AvgIpc) is 3.34. The largest absolute Gasteiger partial charge is 0.440 e. The lowest BCUT2D eigenvalue weighted by atomic mass is 9.95. The lowest BCUT2D eigenvalue weighted by Crippen LogP contribution is -2.21. The van der Waals surface area contributed by atoms with E-state index in [0.29, 0.717) is 18.9 Å². The maximum absolute atomic E-state index is 12.4. The van der Waals surface area contributed by atoms with Crippen molar-refractivity contribution < 1.29 is 9.21 Å². The van der Waals surface area contributed by atoms with Crippen molar-refractivity contribution in [2.24, 2.45) is 0 Å². The van der Waals surface area contributed by atoms with Gasteiger partial charge in [0.15, 0.2) is 0 Å². The summed E-state index contributed by atoms with van der Waals surface area (Å²) in [6.07, 6.45) is 2.39. The number of carbonyl (C=O) groups excluding carboxylic acids is 1. The van der Waals surface area contributed by atoms with Crippen LogP contribution in [0.5, 0.6) is 0 Å². The Hall–Kier alpha value is -2.93. The van der Waals surface area contributed by atoms with Gasteiger partial charge in [-0.05, 0) is 36.9 Å². The number of aryl methyl sites for hydroxylation is 2. The molecule has 27 heavy (non-hydrogen) atoms. The molecule has 0 radical (unpaired) electrons. The van der Waals surface area contributed by atoms with Crippen molar-refractivity contribution in [3.05, 3.63) is 64.2 Å². The third-order valence-electron chi connectivity index (χ3n) is 4.95. The fourth-order valence-corrected chi connectivity index (χ4v) is 4.37. The second kappa shape index (κ2) is 6.06. The van der Waals surface area contributed by atoms with Crippen molar-refractivity contribution >= 4 is 22.9 Å². The fourth-order valence-electron chi connectivity index (χ4n) is 3.72. The van der Waals surface area contributed by atoms with Gasteiger partial charge >= 0.3 is 0 Å². The molecule has 0 fully saturated rings. The molecule has 4 aromatic rings. The van der Waals surface area contributed by atoms with E-state index in [4.69, 9.17) is 14.4 Å². The van der Waals surface area contributed by atoms with Crippen LogP contribution in [-0.4, -0.2) is 20.3 Å². The Labute approximate surface area is 159 Å². The van der Waals surface area contributed by atoms with Gasteiger partial charge in [-0.2, -0.15) is 0 Å². The Balaban J connectivity index is 1.71. The minimum Gasteiger partial charge on any atom is -0.440 e. The Morgan fingerprint density at radius 3 is 2.96 bits per heavy atom. The van der Waals surface area contributed by atoms with E-state index in [1.165, 1.54) is 0 Å². The van der Waals surface area contributed by atoms with Crippen LogP contribution in [0.3, 0.4) is 0 Å². The van der Waals surface area contributed by atoms with Crippen molar-refractivity contribution in [1.82, 2.24) is 19.7 Å². The molecule has 1 aliphatic rings. The first-order valence-corrected chi connectivity index (χ1v) is 9.73. The lowest BCUT2D eigenvalue weighted by molar-refractivity contribution is -0.121. The first-order valence-electron chi connectivity index (χ1n) is 8.85. The molecule has 5 rings (SSSR count). The Morgan fingerprint density at radius 2 is 2.15 bits per heavy atom. The van der Waals surface area contributed by atoms with Gasteiger partial charge in [0, 0.05) is 12.6 Å². The zero-order chi connectivity index (χ0) is 18.5. The van der Waals surface area contributed by atoms with Crippen LogP contribution >= 0.6 is 11.3 Å². The second-order valence-electron chi connectivity index (χ2n) is 6.85. The second-order valence-corrected chi connectivity index (χ2v) is 7.80. The number of rotatable bonds is 2. The quantitative estimate of drug-likeness (QED) is 0.576. The van der Waals surface area contributed by atoms with Crippen LogP contribution in [0.2, 0.25) is 0 Å². The summed E-state index contributed by atoms with van der Waals surface area (Å²) in [6, 6.07) is 8.02. The van der Waals surface area contributed by atoms with E-state index >= 15 is 0 Å². The van der Waals surface area contributed by atoms with E-state index in [1.807, 2.05) is 36.6 Å². The van der Waals surface area contributed by atoms with Crippen LogP contribution in [0.1, 0.15) is 40.7 Å². The molecule has 5 heterocycles. The summed E-state index contributed by atoms with van der Waals surface area (Å²) in [6.45, 7) is 4.40. The normalized spacial score (nSPS) is 17.0. The molecule has 1 N–H and O–H groups in total. The zero-order valence-corrected chi connectivity index (χ0v) is 15.8. The smallest absolute Gasteiger partial charge is 0.236 e. The van der Waals surface area contributed by atoms with E-state index in [0.717, 1.165) is 38.9 Å². The predicted octanol–water partition coefficient (Wildman–Crippen LogP) is 3.82. The minimum atomic E-state index is -0.197. The molecular formula is C20H18N4O2S. The number of hydrogen-bond donors (Lipinski definition) is 1. The van der Waals surface area contributed by atoms with Gasteiger partial charge < -0.3 is 14.1 Å². The van der Waals surface area contributed by atoms with Crippen molar-refractivity contribution in [3.8, 4) is 10.8 Å². The molecular weight excluding hydrogens is 360 g/mol. The molecule has 0 unspecified atom stereocenters. The highest BCUT2D eigenvalue weighted by atomic mass is 32.1. The maximum atomic E-state index is 12.4.